The first kappa shape index (κ1) is 36.6. The van der Waals surface area contributed by atoms with Crippen LogP contribution in [0.4, 0.5) is 0 Å². The molecule has 0 saturated heterocycles. The van der Waals surface area contributed by atoms with Crippen molar-refractivity contribution in [2.45, 2.75) is 13.8 Å². The average molecular weight is 281 g/mol. The molecule has 0 unspecified atom stereocenters. The van der Waals surface area contributed by atoms with Crippen molar-refractivity contribution in [3.8, 4) is 0 Å². The fraction of sp³-hybridized carbons (Fsp3) is 0.500. The van der Waals surface area contributed by atoms with E-state index in [2.05, 4.69) is 0 Å². The van der Waals surface area contributed by atoms with Gasteiger partial charge < -0.3 is 32.2 Å². The van der Waals surface area contributed by atoms with Crippen LogP contribution < -0.4 is 104 Å². The standard InChI is InChI=1S/2C2H4O2.ClH.K.Na.Zn/c2*1-2(3)4;;;;/h2*1H3,(H,3,4);1H;;;/q;;;2*+1;+2/p-3. The number of aliphatic carboxylic acids is 2. The third-order valence-corrected chi connectivity index (χ3v) is 0. The van der Waals surface area contributed by atoms with E-state index in [0.29, 0.717) is 0 Å². The number of carboxylic acids is 2. The maximum absolute atomic E-state index is 8.89. The van der Waals surface area contributed by atoms with Crippen LogP contribution in [0.1, 0.15) is 13.8 Å². The minimum Gasteiger partial charge on any atom is -1.00 e. The molecular weight excluding hydrogens is 275 g/mol. The number of hydrogen-bond acceptors (Lipinski definition) is 4. The summed E-state index contributed by atoms with van der Waals surface area (Å²) in [6.45, 7) is 1.94. The van der Waals surface area contributed by atoms with Crippen molar-refractivity contribution in [1.82, 2.24) is 0 Å². The van der Waals surface area contributed by atoms with Crippen molar-refractivity contribution in [1.29, 1.82) is 0 Å². The minimum atomic E-state index is -1.08. The summed E-state index contributed by atoms with van der Waals surface area (Å²) in [7, 11) is 0. The molecule has 0 atom stereocenters. The van der Waals surface area contributed by atoms with Crippen molar-refractivity contribution in [2.24, 2.45) is 0 Å². The zero-order valence-electron chi connectivity index (χ0n) is 7.72. The first-order chi connectivity index (χ1) is 3.46. The third-order valence-electron chi connectivity index (χ3n) is 0. The molecular formula is C4H6ClKNaO4Zn+. The summed E-state index contributed by atoms with van der Waals surface area (Å²) in [6, 6.07) is 0. The van der Waals surface area contributed by atoms with Crippen LogP contribution in [-0.4, -0.2) is 11.9 Å². The van der Waals surface area contributed by atoms with Crippen LogP contribution in [0.25, 0.3) is 0 Å². The van der Waals surface area contributed by atoms with Gasteiger partial charge in [-0.3, -0.25) is 0 Å². The zero-order valence-corrected chi connectivity index (χ0v) is 16.6. The van der Waals surface area contributed by atoms with Gasteiger partial charge in [-0.15, -0.1) is 0 Å². The van der Waals surface area contributed by atoms with Gasteiger partial charge in [0.1, 0.15) is 0 Å². The molecule has 0 heterocycles. The second-order valence-electron chi connectivity index (χ2n) is 0.983. The Morgan fingerprint density at radius 3 is 1.00 bits per heavy atom. The van der Waals surface area contributed by atoms with Gasteiger partial charge in [-0.05, 0) is 13.8 Å². The Balaban J connectivity index is -0.0000000112. The fourth-order valence-corrected chi connectivity index (χ4v) is 0. The van der Waals surface area contributed by atoms with Crippen molar-refractivity contribution in [3.05, 3.63) is 0 Å². The van der Waals surface area contributed by atoms with Gasteiger partial charge in [0.05, 0.1) is 0 Å². The number of halogens is 1. The summed E-state index contributed by atoms with van der Waals surface area (Å²) in [5.41, 5.74) is 0. The largest absolute Gasteiger partial charge is 2.00 e. The molecule has 0 spiro atoms. The van der Waals surface area contributed by atoms with E-state index in [1.54, 1.807) is 0 Å². The Morgan fingerprint density at radius 2 is 1.00 bits per heavy atom. The Kier molecular flexibility index (Phi) is 89.0. The molecule has 0 aromatic heterocycles. The molecule has 8 heteroatoms. The van der Waals surface area contributed by atoms with Crippen LogP contribution in [-0.2, 0) is 29.1 Å². The zero-order chi connectivity index (χ0) is 7.15. The quantitative estimate of drug-likeness (QED) is 0.413. The molecule has 0 fully saturated rings. The maximum atomic E-state index is 8.89. The molecule has 12 heavy (non-hydrogen) atoms. The molecule has 0 N–H and O–H groups in total. The predicted octanol–water partition coefficient (Wildman–Crippen LogP) is -11.5. The van der Waals surface area contributed by atoms with Gasteiger partial charge in [0, 0.05) is 11.9 Å². The fourth-order valence-electron chi connectivity index (χ4n) is 0. The average Bonchev–Trinajstić information content (AvgIpc) is 1.25. The number of carboxylic acid groups (broad SMARTS) is 2. The van der Waals surface area contributed by atoms with Crippen LogP contribution in [0, 0.1) is 0 Å². The number of hydrogen-bond donors (Lipinski definition) is 0. The second-order valence-corrected chi connectivity index (χ2v) is 0.983. The van der Waals surface area contributed by atoms with E-state index in [9.17, 15) is 0 Å². The molecule has 0 bridgehead atoms. The molecule has 0 radical (unpaired) electrons. The van der Waals surface area contributed by atoms with Crippen molar-refractivity contribution >= 4 is 11.9 Å². The van der Waals surface area contributed by atoms with Crippen LogP contribution in [0.2, 0.25) is 0 Å². The van der Waals surface area contributed by atoms with Crippen LogP contribution in [0.3, 0.4) is 0 Å². The Bertz CT molecular complexity index is 85.1. The van der Waals surface area contributed by atoms with E-state index in [4.69, 9.17) is 19.8 Å². The predicted molar refractivity (Wildman–Crippen MR) is 21.4 cm³/mol. The second kappa shape index (κ2) is 29.2. The van der Waals surface area contributed by atoms with Gasteiger partial charge >= 0.3 is 100 Å². The van der Waals surface area contributed by atoms with E-state index in [1.807, 2.05) is 0 Å². The molecule has 0 amide bonds. The van der Waals surface area contributed by atoms with Crippen molar-refractivity contribution in [2.75, 3.05) is 0 Å². The van der Waals surface area contributed by atoms with Crippen molar-refractivity contribution < 1.29 is 133 Å². The number of carbonyl (C=O) groups is 2. The SMILES string of the molecule is CC(=O)[O-].CC(=O)[O-].[Cl-].[K+].[Na+].[Zn+2]. The van der Waals surface area contributed by atoms with E-state index in [-0.39, 0.29) is 113 Å². The maximum Gasteiger partial charge on any atom is 2.00 e. The van der Waals surface area contributed by atoms with E-state index in [0.717, 1.165) is 13.8 Å². The Labute approximate surface area is 155 Å². The number of rotatable bonds is 0. The van der Waals surface area contributed by atoms with E-state index in [1.165, 1.54) is 0 Å². The molecule has 56 valence electrons. The molecule has 0 aliphatic rings. The summed E-state index contributed by atoms with van der Waals surface area (Å²) in [5.74, 6) is -2.17. The van der Waals surface area contributed by atoms with Gasteiger partial charge in [0.25, 0.3) is 0 Å². The molecule has 4 nitrogen and oxygen atoms in total. The third kappa shape index (κ3) is 266. The first-order valence-corrected chi connectivity index (χ1v) is 1.82. The summed E-state index contributed by atoms with van der Waals surface area (Å²) < 4.78 is 0. The normalized spacial score (nSPS) is 4.17. The van der Waals surface area contributed by atoms with Gasteiger partial charge in [-0.1, -0.05) is 0 Å². The summed E-state index contributed by atoms with van der Waals surface area (Å²) in [4.78, 5) is 17.8. The molecule has 0 aromatic carbocycles. The molecule has 0 aliphatic carbocycles. The van der Waals surface area contributed by atoms with Gasteiger partial charge in [0.15, 0.2) is 0 Å². The minimum absolute atomic E-state index is 0. The summed E-state index contributed by atoms with van der Waals surface area (Å²) in [5, 5.41) is 17.8. The molecule has 0 aromatic rings. The van der Waals surface area contributed by atoms with Gasteiger partial charge in [-0.2, -0.15) is 0 Å². The van der Waals surface area contributed by atoms with Crippen LogP contribution in [0.15, 0.2) is 0 Å². The summed E-state index contributed by atoms with van der Waals surface area (Å²) >= 11 is 0. The van der Waals surface area contributed by atoms with Gasteiger partial charge in [-0.25, -0.2) is 0 Å². The van der Waals surface area contributed by atoms with Crippen molar-refractivity contribution in [3.63, 3.8) is 0 Å². The summed E-state index contributed by atoms with van der Waals surface area (Å²) in [6.07, 6.45) is 0. The van der Waals surface area contributed by atoms with E-state index >= 15 is 0 Å². The first-order valence-electron chi connectivity index (χ1n) is 1.82. The Morgan fingerprint density at radius 1 is 1.00 bits per heavy atom. The van der Waals surface area contributed by atoms with Crippen LogP contribution in [0.5, 0.6) is 0 Å². The molecule has 0 aliphatic heterocycles. The van der Waals surface area contributed by atoms with Gasteiger partial charge in [0.2, 0.25) is 0 Å². The topological polar surface area (TPSA) is 80.3 Å². The van der Waals surface area contributed by atoms with Crippen LogP contribution >= 0.6 is 0 Å². The monoisotopic (exact) mass is 279 g/mol. The Hall–Kier alpha value is 2.49. The number of carbonyl (C=O) groups excluding carboxylic acids is 2. The van der Waals surface area contributed by atoms with E-state index < -0.39 is 11.9 Å². The molecule has 0 rings (SSSR count). The molecule has 0 saturated carbocycles. The smallest absolute Gasteiger partial charge is 1.00 e.